The SMILES string of the molecule is COc1ccc(C(=O)NCc2nc3cccnc3n2Cc2cccc(OC)c2)cc1. The lowest BCUT2D eigenvalue weighted by molar-refractivity contribution is 0.0949. The second kappa shape index (κ2) is 8.65. The molecule has 0 fully saturated rings. The number of amides is 1. The minimum atomic E-state index is -0.175. The van der Waals surface area contributed by atoms with Crippen molar-refractivity contribution in [3.63, 3.8) is 0 Å². The maximum atomic E-state index is 12.6. The van der Waals surface area contributed by atoms with Crippen molar-refractivity contribution in [2.45, 2.75) is 13.1 Å². The van der Waals surface area contributed by atoms with E-state index in [1.165, 1.54) is 0 Å². The number of aromatic nitrogens is 3. The van der Waals surface area contributed by atoms with Crippen molar-refractivity contribution in [3.05, 3.63) is 83.8 Å². The quantitative estimate of drug-likeness (QED) is 0.512. The first-order valence-electron chi connectivity index (χ1n) is 9.53. The van der Waals surface area contributed by atoms with Gasteiger partial charge in [-0.3, -0.25) is 4.79 Å². The number of imidazole rings is 1. The van der Waals surface area contributed by atoms with Crippen LogP contribution in [0.25, 0.3) is 11.2 Å². The average Bonchev–Trinajstić information content (AvgIpc) is 3.15. The molecule has 4 rings (SSSR count). The van der Waals surface area contributed by atoms with Crippen LogP contribution in [0, 0.1) is 0 Å². The van der Waals surface area contributed by atoms with E-state index in [1.54, 1.807) is 44.7 Å². The molecule has 0 bridgehead atoms. The van der Waals surface area contributed by atoms with E-state index in [-0.39, 0.29) is 12.5 Å². The molecule has 152 valence electrons. The molecule has 0 aliphatic heterocycles. The van der Waals surface area contributed by atoms with Crippen LogP contribution in [0.2, 0.25) is 0 Å². The fourth-order valence-corrected chi connectivity index (χ4v) is 3.26. The van der Waals surface area contributed by atoms with Gasteiger partial charge in [-0.1, -0.05) is 12.1 Å². The summed E-state index contributed by atoms with van der Waals surface area (Å²) in [5.41, 5.74) is 3.18. The number of methoxy groups -OCH3 is 2. The predicted octanol–water partition coefficient (Wildman–Crippen LogP) is 3.43. The van der Waals surface area contributed by atoms with Crippen molar-refractivity contribution in [1.29, 1.82) is 0 Å². The lowest BCUT2D eigenvalue weighted by Crippen LogP contribution is -2.25. The van der Waals surface area contributed by atoms with Gasteiger partial charge in [-0.15, -0.1) is 0 Å². The maximum Gasteiger partial charge on any atom is 0.251 e. The summed E-state index contributed by atoms with van der Waals surface area (Å²) in [5.74, 6) is 2.05. The summed E-state index contributed by atoms with van der Waals surface area (Å²) in [6, 6.07) is 18.6. The molecule has 0 radical (unpaired) electrons. The molecule has 0 aliphatic rings. The number of nitrogens with zero attached hydrogens (tertiary/aromatic N) is 3. The van der Waals surface area contributed by atoms with Gasteiger partial charge in [-0.25, -0.2) is 9.97 Å². The van der Waals surface area contributed by atoms with Crippen LogP contribution in [0.1, 0.15) is 21.7 Å². The molecule has 7 heteroatoms. The van der Waals surface area contributed by atoms with E-state index in [2.05, 4.69) is 15.3 Å². The summed E-state index contributed by atoms with van der Waals surface area (Å²) in [6.07, 6.45) is 1.74. The van der Waals surface area contributed by atoms with E-state index in [4.69, 9.17) is 9.47 Å². The molecule has 4 aromatic rings. The molecule has 2 heterocycles. The first-order chi connectivity index (χ1) is 14.7. The summed E-state index contributed by atoms with van der Waals surface area (Å²) in [7, 11) is 3.24. The van der Waals surface area contributed by atoms with Gasteiger partial charge in [0.25, 0.3) is 5.91 Å². The Morgan fingerprint density at radius 3 is 2.57 bits per heavy atom. The molecule has 2 aromatic heterocycles. The van der Waals surface area contributed by atoms with Crippen LogP contribution in [-0.4, -0.2) is 34.7 Å². The zero-order chi connectivity index (χ0) is 20.9. The highest BCUT2D eigenvalue weighted by molar-refractivity contribution is 5.94. The van der Waals surface area contributed by atoms with Gasteiger partial charge in [-0.2, -0.15) is 0 Å². The topological polar surface area (TPSA) is 78.3 Å². The number of benzene rings is 2. The molecule has 1 amide bonds. The van der Waals surface area contributed by atoms with Gasteiger partial charge in [0.15, 0.2) is 5.65 Å². The van der Waals surface area contributed by atoms with Gasteiger partial charge in [0.1, 0.15) is 22.8 Å². The van der Waals surface area contributed by atoms with Gasteiger partial charge < -0.3 is 19.4 Å². The Kier molecular flexibility index (Phi) is 5.61. The number of pyridine rings is 1. The smallest absolute Gasteiger partial charge is 0.251 e. The zero-order valence-electron chi connectivity index (χ0n) is 16.8. The van der Waals surface area contributed by atoms with E-state index in [0.29, 0.717) is 17.9 Å². The van der Waals surface area contributed by atoms with Crippen LogP contribution in [0.15, 0.2) is 66.9 Å². The van der Waals surface area contributed by atoms with E-state index < -0.39 is 0 Å². The zero-order valence-corrected chi connectivity index (χ0v) is 16.8. The summed E-state index contributed by atoms with van der Waals surface area (Å²) in [4.78, 5) is 21.7. The number of rotatable bonds is 7. The Morgan fingerprint density at radius 1 is 1.00 bits per heavy atom. The fraction of sp³-hybridized carbons (Fsp3) is 0.174. The lowest BCUT2D eigenvalue weighted by atomic mass is 10.2. The van der Waals surface area contributed by atoms with Crippen molar-refractivity contribution in [1.82, 2.24) is 19.9 Å². The number of fused-ring (bicyclic) bond motifs is 1. The highest BCUT2D eigenvalue weighted by Gasteiger charge is 2.14. The van der Waals surface area contributed by atoms with Gasteiger partial charge in [0.05, 0.1) is 27.3 Å². The monoisotopic (exact) mass is 402 g/mol. The second-order valence-electron chi connectivity index (χ2n) is 6.72. The molecule has 0 unspecified atom stereocenters. The molecule has 0 spiro atoms. The van der Waals surface area contributed by atoms with E-state index >= 15 is 0 Å². The Hall–Kier alpha value is -3.87. The number of carbonyl (C=O) groups excluding carboxylic acids is 1. The van der Waals surface area contributed by atoms with E-state index in [9.17, 15) is 4.79 Å². The number of carbonyl (C=O) groups is 1. The van der Waals surface area contributed by atoms with Crippen LogP contribution in [-0.2, 0) is 13.1 Å². The molecule has 2 aromatic carbocycles. The van der Waals surface area contributed by atoms with Gasteiger partial charge in [0.2, 0.25) is 0 Å². The molecular weight excluding hydrogens is 380 g/mol. The summed E-state index contributed by atoms with van der Waals surface area (Å²) < 4.78 is 12.5. The minimum absolute atomic E-state index is 0.175. The first-order valence-corrected chi connectivity index (χ1v) is 9.53. The van der Waals surface area contributed by atoms with Gasteiger partial charge in [-0.05, 0) is 54.1 Å². The van der Waals surface area contributed by atoms with Crippen LogP contribution >= 0.6 is 0 Å². The Balaban J connectivity index is 1.58. The molecule has 0 saturated carbocycles. The summed E-state index contributed by atoms with van der Waals surface area (Å²) >= 11 is 0. The third kappa shape index (κ3) is 4.10. The molecule has 0 aliphatic carbocycles. The van der Waals surface area contributed by atoms with Crippen LogP contribution in [0.3, 0.4) is 0 Å². The minimum Gasteiger partial charge on any atom is -0.497 e. The van der Waals surface area contributed by atoms with Crippen molar-refractivity contribution >= 4 is 17.1 Å². The molecule has 7 nitrogen and oxygen atoms in total. The third-order valence-electron chi connectivity index (χ3n) is 4.82. The number of hydrogen-bond acceptors (Lipinski definition) is 5. The van der Waals surface area contributed by atoms with Gasteiger partial charge in [0, 0.05) is 11.8 Å². The van der Waals surface area contributed by atoms with Crippen molar-refractivity contribution in [2.75, 3.05) is 14.2 Å². The van der Waals surface area contributed by atoms with Crippen LogP contribution in [0.5, 0.6) is 11.5 Å². The lowest BCUT2D eigenvalue weighted by Gasteiger charge is -2.11. The fourth-order valence-electron chi connectivity index (χ4n) is 3.26. The van der Waals surface area contributed by atoms with Crippen molar-refractivity contribution in [3.8, 4) is 11.5 Å². The Morgan fingerprint density at radius 2 is 1.80 bits per heavy atom. The standard InChI is InChI=1S/C23H22N4O3/c1-29-18-10-8-17(9-11-18)23(28)25-14-21-26-20-7-4-12-24-22(20)27(21)15-16-5-3-6-19(13-16)30-2/h3-13H,14-15H2,1-2H3,(H,25,28). The second-order valence-corrected chi connectivity index (χ2v) is 6.72. The van der Waals surface area contributed by atoms with Crippen LogP contribution < -0.4 is 14.8 Å². The molecule has 0 saturated heterocycles. The predicted molar refractivity (Wildman–Crippen MR) is 114 cm³/mol. The van der Waals surface area contributed by atoms with E-state index in [1.807, 2.05) is 41.0 Å². The van der Waals surface area contributed by atoms with Crippen molar-refractivity contribution in [2.24, 2.45) is 0 Å². The maximum absolute atomic E-state index is 12.6. The normalized spacial score (nSPS) is 10.7. The molecular formula is C23H22N4O3. The Bertz CT molecular complexity index is 1170. The number of nitrogens with one attached hydrogen (secondary N) is 1. The number of ether oxygens (including phenoxy) is 2. The largest absolute Gasteiger partial charge is 0.497 e. The van der Waals surface area contributed by atoms with E-state index in [0.717, 1.165) is 28.3 Å². The summed E-state index contributed by atoms with van der Waals surface area (Å²) in [6.45, 7) is 0.851. The van der Waals surface area contributed by atoms with Gasteiger partial charge >= 0.3 is 0 Å². The van der Waals surface area contributed by atoms with Crippen molar-refractivity contribution < 1.29 is 14.3 Å². The van der Waals surface area contributed by atoms with Crippen LogP contribution in [0.4, 0.5) is 0 Å². The first kappa shape index (κ1) is 19.4. The molecule has 1 N–H and O–H groups in total. The molecule has 30 heavy (non-hydrogen) atoms. The Labute approximate surface area is 174 Å². The summed E-state index contributed by atoms with van der Waals surface area (Å²) in [5, 5.41) is 2.95. The third-order valence-corrected chi connectivity index (χ3v) is 4.82. The number of hydrogen-bond donors (Lipinski definition) is 1. The highest BCUT2D eigenvalue weighted by Crippen LogP contribution is 2.19. The average molecular weight is 402 g/mol. The highest BCUT2D eigenvalue weighted by atomic mass is 16.5. The molecule has 0 atom stereocenters.